The van der Waals surface area contributed by atoms with Crippen LogP contribution < -0.4 is 9.80 Å². The normalized spacial score (nSPS) is 11.9. The molecule has 320 valence electrons. The molecule has 0 unspecified atom stereocenters. The van der Waals surface area contributed by atoms with Crippen molar-refractivity contribution in [2.45, 2.75) is 13.8 Å². The largest absolute Gasteiger partial charge is 0.310 e. The lowest BCUT2D eigenvalue weighted by Gasteiger charge is -2.36. The number of aryl methyl sites for hydroxylation is 2. The Bertz CT molecular complexity index is 3860. The zero-order chi connectivity index (χ0) is 45.3. The second kappa shape index (κ2) is 16.0. The molecule has 1 heterocycles. The maximum absolute atomic E-state index is 2.54. The molecule has 0 atom stereocenters. The van der Waals surface area contributed by atoms with Gasteiger partial charge in [-0.3, -0.25) is 0 Å². The van der Waals surface area contributed by atoms with Gasteiger partial charge < -0.3 is 9.80 Å². The van der Waals surface area contributed by atoms with E-state index in [-0.39, 0.29) is 0 Å². The highest BCUT2D eigenvalue weighted by Crippen LogP contribution is 2.56. The van der Waals surface area contributed by atoms with Crippen LogP contribution in [0.4, 0.5) is 34.1 Å². The number of rotatable bonds is 8. The lowest BCUT2D eigenvalue weighted by atomic mass is 9.83. The first-order valence-corrected chi connectivity index (χ1v) is 23.6. The van der Waals surface area contributed by atoms with E-state index in [9.17, 15) is 0 Å². The Morgan fingerprint density at radius 3 is 1.47 bits per heavy atom. The van der Waals surface area contributed by atoms with E-state index in [1.807, 2.05) is 0 Å². The van der Waals surface area contributed by atoms with Crippen molar-refractivity contribution in [1.82, 2.24) is 0 Å². The van der Waals surface area contributed by atoms with Crippen molar-refractivity contribution >= 4 is 66.4 Å². The highest BCUT2D eigenvalue weighted by atomic mass is 15.2. The summed E-state index contributed by atoms with van der Waals surface area (Å²) in [4.78, 5) is 5.04. The van der Waals surface area contributed by atoms with Crippen LogP contribution in [0.5, 0.6) is 0 Å². The molecule has 2 heteroatoms. The lowest BCUT2D eigenvalue weighted by Crippen LogP contribution is -2.17. The summed E-state index contributed by atoms with van der Waals surface area (Å²) in [6.07, 6.45) is 0. The maximum Gasteiger partial charge on any atom is 0.0547 e. The Kier molecular flexibility index (Phi) is 9.33. The molecule has 0 spiro atoms. The fraction of sp³-hybridized carbons (Fsp3) is 0.0303. The van der Waals surface area contributed by atoms with Gasteiger partial charge in [0.15, 0.2) is 0 Å². The molecule has 2 nitrogen and oxygen atoms in total. The third-order valence-electron chi connectivity index (χ3n) is 14.2. The van der Waals surface area contributed by atoms with Crippen LogP contribution in [0.2, 0.25) is 0 Å². The molecule has 1 aliphatic heterocycles. The molecule has 0 N–H and O–H groups in total. The zero-order valence-electron chi connectivity index (χ0n) is 38.0. The van der Waals surface area contributed by atoms with Gasteiger partial charge in [-0.05, 0) is 140 Å². The molecule has 0 aliphatic carbocycles. The van der Waals surface area contributed by atoms with Crippen LogP contribution in [0.15, 0.2) is 243 Å². The summed E-state index contributed by atoms with van der Waals surface area (Å²) in [7, 11) is 0. The van der Waals surface area contributed by atoms with Gasteiger partial charge >= 0.3 is 0 Å². The fourth-order valence-electron chi connectivity index (χ4n) is 10.8. The van der Waals surface area contributed by atoms with Gasteiger partial charge in [-0.2, -0.15) is 0 Å². The van der Waals surface area contributed by atoms with E-state index in [0.717, 1.165) is 17.1 Å². The van der Waals surface area contributed by atoms with Crippen molar-refractivity contribution in [2.75, 3.05) is 9.80 Å². The highest BCUT2D eigenvalue weighted by Gasteiger charge is 2.31. The number of hydrogen-bond acceptors (Lipinski definition) is 2. The van der Waals surface area contributed by atoms with Gasteiger partial charge in [0.05, 0.1) is 17.1 Å². The van der Waals surface area contributed by atoms with Crippen LogP contribution in [-0.4, -0.2) is 0 Å². The Morgan fingerprint density at radius 2 is 0.824 bits per heavy atom. The number of anilines is 6. The summed E-state index contributed by atoms with van der Waals surface area (Å²) in [5.41, 5.74) is 21.4. The molecule has 0 amide bonds. The van der Waals surface area contributed by atoms with E-state index in [2.05, 4.69) is 266 Å². The van der Waals surface area contributed by atoms with Crippen molar-refractivity contribution in [2.24, 2.45) is 0 Å². The van der Waals surface area contributed by atoms with Gasteiger partial charge in [-0.1, -0.05) is 194 Å². The summed E-state index contributed by atoms with van der Waals surface area (Å²) in [5.74, 6) is 0. The molecule has 0 bridgehead atoms. The van der Waals surface area contributed by atoms with Gasteiger partial charge in [0.2, 0.25) is 0 Å². The fourth-order valence-corrected chi connectivity index (χ4v) is 10.8. The minimum Gasteiger partial charge on any atom is -0.310 e. The average Bonchev–Trinajstić information content (AvgIpc) is 3.40. The van der Waals surface area contributed by atoms with Crippen LogP contribution in [0.3, 0.4) is 0 Å². The van der Waals surface area contributed by atoms with Gasteiger partial charge in [-0.15, -0.1) is 0 Å². The Hall–Kier alpha value is -8.72. The zero-order valence-corrected chi connectivity index (χ0v) is 38.0. The SMILES string of the molecule is Cc1ccc(-c2ccccc2)cc1N(c1cccc(-c2ccccc2)c1)c1ccc2cc3c4c(ccc5ccc1c2c54)N(c1cc(-c2ccccc2)ccc1C)c1cc(-c2ccccc2)ccc1-3. The molecule has 0 aromatic heterocycles. The summed E-state index contributed by atoms with van der Waals surface area (Å²) >= 11 is 0. The standard InChI is InChI=1S/C66H46N2/c1-43-26-28-51(46-18-9-4-10-19-46)40-61(43)67(55-25-15-24-50(38-55)45-16-7-3-8-17-45)59-36-33-54-39-58-56-34-31-53(48-22-13-6-14-23-48)42-63(56)68(60-37-32-49-30-35-57(59)64(54)65(49)66(58)60)62-41-52(29-27-44(62)2)47-20-11-5-12-21-47/h3-42H,1-2H3. The number of hydrogen-bond donors (Lipinski definition) is 0. The van der Waals surface area contributed by atoms with Gasteiger partial charge in [0.25, 0.3) is 0 Å². The van der Waals surface area contributed by atoms with E-state index in [1.165, 1.54) is 116 Å². The maximum atomic E-state index is 2.54. The lowest BCUT2D eigenvalue weighted by molar-refractivity contribution is 1.25. The minimum absolute atomic E-state index is 1.11. The predicted octanol–water partition coefficient (Wildman–Crippen LogP) is 18.8. The van der Waals surface area contributed by atoms with Crippen LogP contribution in [0, 0.1) is 13.8 Å². The molecule has 0 radical (unpaired) electrons. The number of fused-ring (bicyclic) bond motifs is 2. The quantitative estimate of drug-likeness (QED) is 0.140. The number of benzene rings is 12. The summed E-state index contributed by atoms with van der Waals surface area (Å²) in [6, 6.07) is 89.5. The summed E-state index contributed by atoms with van der Waals surface area (Å²) < 4.78 is 0. The Balaban J connectivity index is 1.08. The van der Waals surface area contributed by atoms with Crippen molar-refractivity contribution in [3.8, 4) is 55.6 Å². The van der Waals surface area contributed by atoms with E-state index in [4.69, 9.17) is 0 Å². The molecular formula is C66H46N2. The molecule has 13 rings (SSSR count). The van der Waals surface area contributed by atoms with Gasteiger partial charge in [0.1, 0.15) is 0 Å². The first kappa shape index (κ1) is 39.6. The molecule has 0 saturated carbocycles. The van der Waals surface area contributed by atoms with E-state index < -0.39 is 0 Å². The second-order valence-electron chi connectivity index (χ2n) is 18.2. The van der Waals surface area contributed by atoms with Crippen molar-refractivity contribution < 1.29 is 0 Å². The molecule has 68 heavy (non-hydrogen) atoms. The average molecular weight is 867 g/mol. The monoisotopic (exact) mass is 866 g/mol. The van der Waals surface area contributed by atoms with Crippen molar-refractivity contribution in [1.29, 1.82) is 0 Å². The number of nitrogens with zero attached hydrogens (tertiary/aromatic N) is 2. The molecule has 0 saturated heterocycles. The van der Waals surface area contributed by atoms with Gasteiger partial charge in [-0.25, -0.2) is 0 Å². The van der Waals surface area contributed by atoms with E-state index >= 15 is 0 Å². The van der Waals surface area contributed by atoms with Crippen LogP contribution >= 0.6 is 0 Å². The molecule has 12 aromatic rings. The first-order valence-electron chi connectivity index (χ1n) is 23.6. The highest BCUT2D eigenvalue weighted by molar-refractivity contribution is 6.33. The first-order chi connectivity index (χ1) is 33.6. The van der Waals surface area contributed by atoms with Crippen LogP contribution in [-0.2, 0) is 0 Å². The second-order valence-corrected chi connectivity index (χ2v) is 18.2. The van der Waals surface area contributed by atoms with Crippen LogP contribution in [0.1, 0.15) is 11.1 Å². The minimum atomic E-state index is 1.11. The van der Waals surface area contributed by atoms with Crippen LogP contribution in [0.25, 0.3) is 88.0 Å². The Morgan fingerprint density at radius 1 is 0.294 bits per heavy atom. The molecule has 0 fully saturated rings. The molecular weight excluding hydrogens is 821 g/mol. The van der Waals surface area contributed by atoms with Gasteiger partial charge in [0, 0.05) is 38.8 Å². The summed E-state index contributed by atoms with van der Waals surface area (Å²) in [5, 5.41) is 7.53. The molecule has 12 aromatic carbocycles. The smallest absolute Gasteiger partial charge is 0.0547 e. The molecule has 1 aliphatic rings. The van der Waals surface area contributed by atoms with Crippen molar-refractivity contribution in [3.05, 3.63) is 254 Å². The predicted molar refractivity (Wildman–Crippen MR) is 290 cm³/mol. The third kappa shape index (κ3) is 6.48. The van der Waals surface area contributed by atoms with Crippen molar-refractivity contribution in [3.63, 3.8) is 0 Å². The Labute approximate surface area is 397 Å². The topological polar surface area (TPSA) is 6.48 Å². The van der Waals surface area contributed by atoms with E-state index in [0.29, 0.717) is 0 Å². The summed E-state index contributed by atoms with van der Waals surface area (Å²) in [6.45, 7) is 4.49. The van der Waals surface area contributed by atoms with E-state index in [1.54, 1.807) is 0 Å². The third-order valence-corrected chi connectivity index (χ3v) is 14.2.